The molecule has 5 nitrogen and oxygen atoms in total. The van der Waals surface area contributed by atoms with Crippen molar-refractivity contribution in [1.82, 2.24) is 19.9 Å². The zero-order valence-electron chi connectivity index (χ0n) is 14.2. The number of pyridine rings is 1. The van der Waals surface area contributed by atoms with Crippen molar-refractivity contribution in [3.8, 4) is 0 Å². The summed E-state index contributed by atoms with van der Waals surface area (Å²) in [7, 11) is 0. The van der Waals surface area contributed by atoms with E-state index in [-0.39, 0.29) is 5.91 Å². The lowest BCUT2D eigenvalue weighted by atomic mass is 9.88. The van der Waals surface area contributed by atoms with Crippen LogP contribution in [0.3, 0.4) is 0 Å². The number of aromatic nitrogens is 3. The molecule has 1 aliphatic heterocycles. The first-order valence-electron chi connectivity index (χ1n) is 8.84. The number of thiazole rings is 1. The molecule has 1 saturated heterocycles. The number of piperidine rings is 1. The van der Waals surface area contributed by atoms with E-state index >= 15 is 0 Å². The summed E-state index contributed by atoms with van der Waals surface area (Å²) in [5.74, 6) is 0.601. The summed E-state index contributed by atoms with van der Waals surface area (Å²) >= 11 is 1.57. The number of H-pyrrole nitrogens is 1. The largest absolute Gasteiger partial charge is 0.346 e. The van der Waals surface area contributed by atoms with Gasteiger partial charge < -0.3 is 9.88 Å². The molecular weight excluding hydrogens is 344 g/mol. The first-order chi connectivity index (χ1) is 12.8. The van der Waals surface area contributed by atoms with Gasteiger partial charge in [0, 0.05) is 36.4 Å². The highest BCUT2D eigenvalue weighted by Gasteiger charge is 2.26. The number of aromatic amines is 1. The van der Waals surface area contributed by atoms with E-state index in [4.69, 9.17) is 0 Å². The van der Waals surface area contributed by atoms with Gasteiger partial charge in [0.25, 0.3) is 5.91 Å². The lowest BCUT2D eigenvalue weighted by molar-refractivity contribution is 0.0713. The summed E-state index contributed by atoms with van der Waals surface area (Å²) < 4.78 is 1.07. The van der Waals surface area contributed by atoms with Crippen LogP contribution in [0.4, 0.5) is 0 Å². The molecule has 0 saturated carbocycles. The molecule has 0 aliphatic carbocycles. The van der Waals surface area contributed by atoms with Crippen molar-refractivity contribution in [2.45, 2.75) is 18.8 Å². The second-order valence-corrected chi connectivity index (χ2v) is 7.63. The zero-order valence-corrected chi connectivity index (χ0v) is 15.0. The van der Waals surface area contributed by atoms with Crippen LogP contribution in [0.15, 0.2) is 48.2 Å². The number of nitrogens with zero attached hydrogens (tertiary/aromatic N) is 3. The molecule has 0 bridgehead atoms. The zero-order chi connectivity index (χ0) is 17.5. The maximum absolute atomic E-state index is 12.9. The molecule has 0 unspecified atom stereocenters. The van der Waals surface area contributed by atoms with Crippen molar-refractivity contribution in [3.05, 3.63) is 59.4 Å². The summed E-state index contributed by atoms with van der Waals surface area (Å²) in [5.41, 5.74) is 5.82. The van der Waals surface area contributed by atoms with Gasteiger partial charge in [0.1, 0.15) is 5.65 Å². The average Bonchev–Trinajstić information content (AvgIpc) is 3.35. The smallest absolute Gasteiger partial charge is 0.253 e. The third-order valence-electron chi connectivity index (χ3n) is 5.29. The van der Waals surface area contributed by atoms with Crippen molar-refractivity contribution in [2.24, 2.45) is 0 Å². The Morgan fingerprint density at radius 1 is 1.15 bits per heavy atom. The van der Waals surface area contributed by atoms with Gasteiger partial charge in [-0.05, 0) is 54.7 Å². The number of carbonyl (C=O) groups excluding carboxylic acids is 1. The number of hydrogen-bond donors (Lipinski definition) is 1. The van der Waals surface area contributed by atoms with Crippen molar-refractivity contribution >= 4 is 38.5 Å². The lowest BCUT2D eigenvalue weighted by Gasteiger charge is -2.32. The van der Waals surface area contributed by atoms with Crippen molar-refractivity contribution < 1.29 is 4.79 Å². The quantitative estimate of drug-likeness (QED) is 0.581. The van der Waals surface area contributed by atoms with Crippen LogP contribution in [0.2, 0.25) is 0 Å². The Labute approximate surface area is 154 Å². The highest BCUT2D eigenvalue weighted by Crippen LogP contribution is 2.32. The number of carbonyl (C=O) groups is 1. The number of nitrogens with one attached hydrogen (secondary N) is 1. The van der Waals surface area contributed by atoms with Crippen LogP contribution in [0.5, 0.6) is 0 Å². The first-order valence-corrected chi connectivity index (χ1v) is 9.72. The minimum atomic E-state index is 0.125. The van der Waals surface area contributed by atoms with E-state index < -0.39 is 0 Å². The fourth-order valence-electron chi connectivity index (χ4n) is 3.90. The van der Waals surface area contributed by atoms with Gasteiger partial charge in [-0.15, -0.1) is 11.3 Å². The molecule has 0 spiro atoms. The van der Waals surface area contributed by atoms with E-state index in [9.17, 15) is 4.79 Å². The molecule has 26 heavy (non-hydrogen) atoms. The Morgan fingerprint density at radius 2 is 2.04 bits per heavy atom. The van der Waals surface area contributed by atoms with Crippen molar-refractivity contribution in [2.75, 3.05) is 13.1 Å². The minimum Gasteiger partial charge on any atom is -0.346 e. The second-order valence-electron chi connectivity index (χ2n) is 6.74. The molecule has 1 aliphatic rings. The Kier molecular flexibility index (Phi) is 3.71. The predicted octanol–water partition coefficient (Wildman–Crippen LogP) is 4.19. The fourth-order valence-corrected chi connectivity index (χ4v) is 4.62. The van der Waals surface area contributed by atoms with Crippen molar-refractivity contribution in [1.29, 1.82) is 0 Å². The van der Waals surface area contributed by atoms with Crippen LogP contribution < -0.4 is 0 Å². The van der Waals surface area contributed by atoms with E-state index in [1.54, 1.807) is 11.3 Å². The maximum atomic E-state index is 12.9. The average molecular weight is 362 g/mol. The number of likely N-dealkylation sites (tertiary alicyclic amines) is 1. The number of fused-ring (bicyclic) bond motifs is 2. The van der Waals surface area contributed by atoms with Gasteiger partial charge in [0.05, 0.1) is 15.7 Å². The van der Waals surface area contributed by atoms with Gasteiger partial charge >= 0.3 is 0 Å². The van der Waals surface area contributed by atoms with E-state index in [0.29, 0.717) is 5.92 Å². The molecule has 0 atom stereocenters. The molecule has 1 fully saturated rings. The summed E-state index contributed by atoms with van der Waals surface area (Å²) in [5, 5.41) is 1.20. The van der Waals surface area contributed by atoms with Crippen molar-refractivity contribution in [3.63, 3.8) is 0 Å². The molecule has 4 aromatic rings. The normalized spacial score (nSPS) is 15.8. The number of amides is 1. The highest BCUT2D eigenvalue weighted by molar-refractivity contribution is 7.16. The van der Waals surface area contributed by atoms with Gasteiger partial charge in [-0.1, -0.05) is 0 Å². The predicted molar refractivity (Wildman–Crippen MR) is 104 cm³/mol. The van der Waals surface area contributed by atoms with E-state index in [2.05, 4.69) is 27.1 Å². The third kappa shape index (κ3) is 2.57. The number of hydrogen-bond acceptors (Lipinski definition) is 4. The van der Waals surface area contributed by atoms with Crippen LogP contribution in [-0.4, -0.2) is 38.8 Å². The molecule has 3 aromatic heterocycles. The molecule has 4 heterocycles. The van der Waals surface area contributed by atoms with E-state index in [1.807, 2.05) is 41.0 Å². The van der Waals surface area contributed by atoms with Gasteiger partial charge in [-0.3, -0.25) is 4.79 Å². The SMILES string of the molecule is O=C(c1ccc2ncsc2c1)N1CCC(c2ccnc3[nH]ccc23)CC1. The Hall–Kier alpha value is -2.73. The molecule has 1 amide bonds. The first kappa shape index (κ1) is 15.5. The second kappa shape index (κ2) is 6.21. The minimum absolute atomic E-state index is 0.125. The molecule has 6 heteroatoms. The molecule has 0 radical (unpaired) electrons. The molecular formula is C20H18N4OS. The van der Waals surface area contributed by atoms with E-state index in [0.717, 1.165) is 47.4 Å². The van der Waals surface area contributed by atoms with Crippen LogP contribution in [0, 0.1) is 0 Å². The Bertz CT molecular complexity index is 1090. The van der Waals surface area contributed by atoms with Gasteiger partial charge in [0.2, 0.25) is 0 Å². The summed E-state index contributed by atoms with van der Waals surface area (Å²) in [6.45, 7) is 1.58. The molecule has 5 rings (SSSR count). The van der Waals surface area contributed by atoms with Crippen LogP contribution in [0.25, 0.3) is 21.3 Å². The van der Waals surface area contributed by atoms with Gasteiger partial charge in [0.15, 0.2) is 0 Å². The highest BCUT2D eigenvalue weighted by atomic mass is 32.1. The Balaban J connectivity index is 1.33. The maximum Gasteiger partial charge on any atom is 0.253 e. The summed E-state index contributed by atoms with van der Waals surface area (Å²) in [6, 6.07) is 10.0. The fraction of sp³-hybridized carbons (Fsp3) is 0.250. The molecule has 1 N–H and O–H groups in total. The van der Waals surface area contributed by atoms with E-state index in [1.165, 1.54) is 10.9 Å². The lowest BCUT2D eigenvalue weighted by Crippen LogP contribution is -2.37. The van der Waals surface area contributed by atoms with Crippen LogP contribution in [-0.2, 0) is 0 Å². The summed E-state index contributed by atoms with van der Waals surface area (Å²) in [4.78, 5) is 26.7. The summed E-state index contributed by atoms with van der Waals surface area (Å²) in [6.07, 6.45) is 5.78. The third-order valence-corrected chi connectivity index (χ3v) is 6.09. The van der Waals surface area contributed by atoms with Crippen LogP contribution >= 0.6 is 11.3 Å². The van der Waals surface area contributed by atoms with Crippen LogP contribution in [0.1, 0.15) is 34.7 Å². The monoisotopic (exact) mass is 362 g/mol. The Morgan fingerprint density at radius 3 is 2.92 bits per heavy atom. The molecule has 130 valence electrons. The van der Waals surface area contributed by atoms with Gasteiger partial charge in [-0.2, -0.15) is 0 Å². The topological polar surface area (TPSA) is 61.9 Å². The molecule has 1 aromatic carbocycles. The standard InChI is InChI=1S/C20H18N4OS/c25-20(14-1-2-17-18(11-14)26-12-23-17)24-9-5-13(6-10-24)15-3-7-21-19-16(15)4-8-22-19/h1-4,7-8,11-13H,5-6,9-10H2,(H,21,22). The number of rotatable bonds is 2. The number of benzene rings is 1. The van der Waals surface area contributed by atoms with Gasteiger partial charge in [-0.25, -0.2) is 9.97 Å².